The molecule has 1 atom stereocenters. The number of benzene rings is 1. The first-order chi connectivity index (χ1) is 9.32. The number of alkyl halides is 3. The molecular formula is C15H22F3NO. The monoisotopic (exact) mass is 289 g/mol. The molecule has 114 valence electrons. The Morgan fingerprint density at radius 1 is 1.15 bits per heavy atom. The van der Waals surface area contributed by atoms with Crippen LogP contribution in [0.5, 0.6) is 5.75 Å². The van der Waals surface area contributed by atoms with Crippen LogP contribution in [-0.2, 0) is 6.18 Å². The minimum atomic E-state index is -4.40. The number of hydrogen-bond donors (Lipinski definition) is 1. The van der Waals surface area contributed by atoms with Gasteiger partial charge in [-0.3, -0.25) is 0 Å². The number of nitrogen functional groups attached to an aromatic ring is 1. The van der Waals surface area contributed by atoms with E-state index in [9.17, 15) is 13.2 Å². The van der Waals surface area contributed by atoms with Gasteiger partial charge in [0.2, 0.25) is 0 Å². The van der Waals surface area contributed by atoms with Crippen LogP contribution in [0.1, 0.15) is 51.5 Å². The Kier molecular flexibility index (Phi) is 6.17. The van der Waals surface area contributed by atoms with E-state index >= 15 is 0 Å². The third-order valence-corrected chi connectivity index (χ3v) is 3.06. The fourth-order valence-corrected chi connectivity index (χ4v) is 2.00. The van der Waals surface area contributed by atoms with Crippen LogP contribution in [0.15, 0.2) is 18.2 Å². The van der Waals surface area contributed by atoms with Crippen LogP contribution in [0.25, 0.3) is 0 Å². The summed E-state index contributed by atoms with van der Waals surface area (Å²) in [5, 5.41) is 0. The van der Waals surface area contributed by atoms with Gasteiger partial charge in [-0.15, -0.1) is 0 Å². The molecule has 20 heavy (non-hydrogen) atoms. The molecule has 0 radical (unpaired) electrons. The molecule has 0 heterocycles. The molecule has 0 aliphatic heterocycles. The van der Waals surface area contributed by atoms with Crippen molar-refractivity contribution in [2.75, 3.05) is 5.73 Å². The molecule has 1 aromatic rings. The number of unbranched alkanes of at least 4 members (excludes halogenated alkanes) is 3. The lowest BCUT2D eigenvalue weighted by atomic mass is 10.1. The van der Waals surface area contributed by atoms with Crippen molar-refractivity contribution >= 4 is 5.69 Å². The standard InChI is InChI=1S/C15H22F3NO/c1-3-4-5-6-7-11(2)20-14-9-12(15(16,17)18)8-13(19)10-14/h8-11H,3-7,19H2,1-2H3. The topological polar surface area (TPSA) is 35.2 Å². The highest BCUT2D eigenvalue weighted by Crippen LogP contribution is 2.33. The highest BCUT2D eigenvalue weighted by molar-refractivity contribution is 5.48. The molecule has 0 aromatic heterocycles. The van der Waals surface area contributed by atoms with Crippen LogP contribution in [0.2, 0.25) is 0 Å². The van der Waals surface area contributed by atoms with Gasteiger partial charge in [-0.2, -0.15) is 13.2 Å². The average Bonchev–Trinajstić information content (AvgIpc) is 2.33. The normalized spacial score (nSPS) is 13.2. The molecule has 2 N–H and O–H groups in total. The summed E-state index contributed by atoms with van der Waals surface area (Å²) in [7, 11) is 0. The molecule has 1 aromatic carbocycles. The van der Waals surface area contributed by atoms with Gasteiger partial charge in [0.15, 0.2) is 0 Å². The molecule has 0 amide bonds. The average molecular weight is 289 g/mol. The zero-order chi connectivity index (χ0) is 15.2. The first-order valence-electron chi connectivity index (χ1n) is 6.97. The maximum Gasteiger partial charge on any atom is 0.416 e. The molecule has 0 spiro atoms. The summed E-state index contributed by atoms with van der Waals surface area (Å²) < 4.78 is 43.5. The van der Waals surface area contributed by atoms with Gasteiger partial charge in [-0.1, -0.05) is 26.2 Å². The van der Waals surface area contributed by atoms with Crippen molar-refractivity contribution < 1.29 is 17.9 Å². The summed E-state index contributed by atoms with van der Waals surface area (Å²) >= 11 is 0. The van der Waals surface area contributed by atoms with Crippen molar-refractivity contribution in [2.45, 2.75) is 58.2 Å². The second-order valence-electron chi connectivity index (χ2n) is 5.07. The van der Waals surface area contributed by atoms with Crippen molar-refractivity contribution in [1.82, 2.24) is 0 Å². The molecule has 5 heteroatoms. The van der Waals surface area contributed by atoms with Gasteiger partial charge in [-0.05, 0) is 31.9 Å². The van der Waals surface area contributed by atoms with Crippen LogP contribution in [0, 0.1) is 0 Å². The maximum absolute atomic E-state index is 12.7. The highest BCUT2D eigenvalue weighted by atomic mass is 19.4. The van der Waals surface area contributed by atoms with Gasteiger partial charge in [0.05, 0.1) is 11.7 Å². The van der Waals surface area contributed by atoms with E-state index in [-0.39, 0.29) is 17.5 Å². The second kappa shape index (κ2) is 7.41. The Morgan fingerprint density at radius 3 is 2.45 bits per heavy atom. The van der Waals surface area contributed by atoms with E-state index in [1.165, 1.54) is 12.5 Å². The first kappa shape index (κ1) is 16.7. The fraction of sp³-hybridized carbons (Fsp3) is 0.600. The molecule has 0 saturated carbocycles. The summed E-state index contributed by atoms with van der Waals surface area (Å²) in [5.41, 5.74) is 4.78. The molecule has 0 saturated heterocycles. The van der Waals surface area contributed by atoms with Crippen molar-refractivity contribution in [1.29, 1.82) is 0 Å². The Labute approximate surface area is 118 Å². The van der Waals surface area contributed by atoms with Gasteiger partial charge in [0, 0.05) is 11.8 Å². The molecule has 0 aliphatic carbocycles. The van der Waals surface area contributed by atoms with Gasteiger partial charge >= 0.3 is 6.18 Å². The minimum absolute atomic E-state index is 0.0630. The maximum atomic E-state index is 12.7. The Hall–Kier alpha value is -1.39. The van der Waals surface area contributed by atoms with E-state index in [4.69, 9.17) is 10.5 Å². The molecular weight excluding hydrogens is 267 g/mol. The number of anilines is 1. The number of halogens is 3. The van der Waals surface area contributed by atoms with Crippen molar-refractivity contribution in [3.63, 3.8) is 0 Å². The molecule has 0 fully saturated rings. The fourth-order valence-electron chi connectivity index (χ4n) is 2.00. The zero-order valence-corrected chi connectivity index (χ0v) is 12.0. The number of hydrogen-bond acceptors (Lipinski definition) is 2. The van der Waals surface area contributed by atoms with E-state index in [1.54, 1.807) is 0 Å². The Balaban J connectivity index is 2.61. The van der Waals surface area contributed by atoms with Crippen LogP contribution in [0.3, 0.4) is 0 Å². The van der Waals surface area contributed by atoms with Crippen LogP contribution < -0.4 is 10.5 Å². The Bertz CT molecular complexity index is 418. The number of nitrogens with two attached hydrogens (primary N) is 1. The molecule has 1 rings (SSSR count). The molecule has 0 bridgehead atoms. The third kappa shape index (κ3) is 5.72. The second-order valence-corrected chi connectivity index (χ2v) is 5.07. The predicted molar refractivity (Wildman–Crippen MR) is 74.7 cm³/mol. The van der Waals surface area contributed by atoms with Gasteiger partial charge in [0.1, 0.15) is 5.75 Å². The summed E-state index contributed by atoms with van der Waals surface area (Å²) in [5.74, 6) is 0.181. The smallest absolute Gasteiger partial charge is 0.416 e. The van der Waals surface area contributed by atoms with E-state index in [0.717, 1.165) is 37.8 Å². The summed E-state index contributed by atoms with van der Waals surface area (Å²) in [4.78, 5) is 0. The van der Waals surface area contributed by atoms with Gasteiger partial charge in [0.25, 0.3) is 0 Å². The highest BCUT2D eigenvalue weighted by Gasteiger charge is 2.31. The predicted octanol–water partition coefficient (Wildman–Crippen LogP) is 5.03. The molecule has 1 unspecified atom stereocenters. The van der Waals surface area contributed by atoms with Crippen LogP contribution in [0.4, 0.5) is 18.9 Å². The number of rotatable bonds is 7. The van der Waals surface area contributed by atoms with Crippen LogP contribution >= 0.6 is 0 Å². The van der Waals surface area contributed by atoms with Crippen LogP contribution in [-0.4, -0.2) is 6.10 Å². The lowest BCUT2D eigenvalue weighted by Crippen LogP contribution is -2.13. The van der Waals surface area contributed by atoms with E-state index in [0.29, 0.717) is 0 Å². The largest absolute Gasteiger partial charge is 0.491 e. The van der Waals surface area contributed by atoms with E-state index < -0.39 is 11.7 Å². The quantitative estimate of drug-likeness (QED) is 0.564. The van der Waals surface area contributed by atoms with Crippen molar-refractivity contribution in [3.05, 3.63) is 23.8 Å². The van der Waals surface area contributed by atoms with E-state index in [1.807, 2.05) is 6.92 Å². The number of ether oxygens (including phenoxy) is 1. The zero-order valence-electron chi connectivity index (χ0n) is 12.0. The molecule has 0 aliphatic rings. The van der Waals surface area contributed by atoms with Gasteiger partial charge in [-0.25, -0.2) is 0 Å². The molecule has 2 nitrogen and oxygen atoms in total. The summed E-state index contributed by atoms with van der Waals surface area (Å²) in [6.07, 6.45) is 0.768. The third-order valence-electron chi connectivity index (χ3n) is 3.06. The van der Waals surface area contributed by atoms with Crippen molar-refractivity contribution in [2.24, 2.45) is 0 Å². The SMILES string of the molecule is CCCCCCC(C)Oc1cc(N)cc(C(F)(F)F)c1. The van der Waals surface area contributed by atoms with Gasteiger partial charge < -0.3 is 10.5 Å². The first-order valence-corrected chi connectivity index (χ1v) is 6.97. The lowest BCUT2D eigenvalue weighted by molar-refractivity contribution is -0.137. The lowest BCUT2D eigenvalue weighted by Gasteiger charge is -2.16. The summed E-state index contributed by atoms with van der Waals surface area (Å²) in [6.45, 7) is 3.99. The van der Waals surface area contributed by atoms with E-state index in [2.05, 4.69) is 6.92 Å². The minimum Gasteiger partial charge on any atom is -0.491 e. The van der Waals surface area contributed by atoms with Crippen molar-refractivity contribution in [3.8, 4) is 5.75 Å². The summed E-state index contributed by atoms with van der Waals surface area (Å²) in [6, 6.07) is 3.34. The Morgan fingerprint density at radius 2 is 1.85 bits per heavy atom.